The van der Waals surface area contributed by atoms with Gasteiger partial charge >= 0.3 is 0 Å². The highest BCUT2D eigenvalue weighted by Crippen LogP contribution is 2.27. The molecule has 1 aliphatic heterocycles. The zero-order valence-corrected chi connectivity index (χ0v) is 16.6. The number of amides is 1. The number of hydrogen-bond donors (Lipinski definition) is 1. The van der Waals surface area contributed by atoms with Crippen LogP contribution >= 0.6 is 0 Å². The zero-order chi connectivity index (χ0) is 20.3. The summed E-state index contributed by atoms with van der Waals surface area (Å²) in [6, 6.07) is 12.4. The summed E-state index contributed by atoms with van der Waals surface area (Å²) in [4.78, 5) is 27.6. The van der Waals surface area contributed by atoms with E-state index in [1.165, 1.54) is 0 Å². The summed E-state index contributed by atoms with van der Waals surface area (Å²) in [5, 5.41) is 10.2. The van der Waals surface area contributed by atoms with Crippen molar-refractivity contribution in [2.75, 3.05) is 13.1 Å². The number of para-hydroxylation sites is 1. The molecule has 5 nitrogen and oxygen atoms in total. The highest BCUT2D eigenvalue weighted by molar-refractivity contribution is 6.00. The molecule has 5 heteroatoms. The van der Waals surface area contributed by atoms with E-state index in [0.29, 0.717) is 35.5 Å². The molecule has 1 atom stereocenters. The summed E-state index contributed by atoms with van der Waals surface area (Å²) in [7, 11) is 0. The molecular formula is C23H27NO4. The molecule has 1 amide bonds. The monoisotopic (exact) mass is 381 g/mol. The van der Waals surface area contributed by atoms with Gasteiger partial charge in [0.2, 0.25) is 0 Å². The van der Waals surface area contributed by atoms with Crippen LogP contribution in [0.5, 0.6) is 11.5 Å². The summed E-state index contributed by atoms with van der Waals surface area (Å²) < 4.78 is 5.69. The van der Waals surface area contributed by atoms with Crippen LogP contribution in [0.15, 0.2) is 42.5 Å². The number of nitrogens with zero attached hydrogens (tertiary/aromatic N) is 1. The van der Waals surface area contributed by atoms with Crippen molar-refractivity contribution in [1.29, 1.82) is 0 Å². The standard InChI is InChI=1S/C23H27NO4/c1-15(2)28-19-10-5-8-17(13-19)22(26)18-9-6-12-24(14-18)23(27)20-11-4-7-16(3)21(20)25/h4-5,7-8,10-11,13,15,18,25H,6,9,12,14H2,1-3H3/t18-/m1/s1. The van der Waals surface area contributed by atoms with Crippen LogP contribution in [0, 0.1) is 12.8 Å². The average Bonchev–Trinajstić information content (AvgIpc) is 2.69. The van der Waals surface area contributed by atoms with Crippen molar-refractivity contribution in [3.8, 4) is 11.5 Å². The molecule has 0 saturated carbocycles. The first-order valence-electron chi connectivity index (χ1n) is 9.75. The molecule has 3 rings (SSSR count). The number of phenolic OH excluding ortho intramolecular Hbond substituents is 1. The van der Waals surface area contributed by atoms with Crippen molar-refractivity contribution < 1.29 is 19.4 Å². The smallest absolute Gasteiger partial charge is 0.257 e. The summed E-state index contributed by atoms with van der Waals surface area (Å²) >= 11 is 0. The van der Waals surface area contributed by atoms with Crippen LogP contribution in [0.1, 0.15) is 53.0 Å². The number of aryl methyl sites for hydroxylation is 1. The number of ether oxygens (including phenoxy) is 1. The van der Waals surface area contributed by atoms with Gasteiger partial charge in [0.25, 0.3) is 5.91 Å². The molecule has 0 radical (unpaired) electrons. The van der Waals surface area contributed by atoms with E-state index in [-0.39, 0.29) is 29.5 Å². The van der Waals surface area contributed by atoms with E-state index in [1.807, 2.05) is 26.0 Å². The minimum absolute atomic E-state index is 0.0134. The second kappa shape index (κ2) is 8.46. The van der Waals surface area contributed by atoms with Crippen molar-refractivity contribution in [2.45, 2.75) is 39.7 Å². The quantitative estimate of drug-likeness (QED) is 0.788. The van der Waals surface area contributed by atoms with Gasteiger partial charge in [-0.3, -0.25) is 9.59 Å². The van der Waals surface area contributed by atoms with E-state index in [4.69, 9.17) is 4.74 Å². The maximum Gasteiger partial charge on any atom is 0.257 e. The SMILES string of the molecule is Cc1cccc(C(=O)N2CCC[C@@H](C(=O)c3cccc(OC(C)C)c3)C2)c1O. The number of carbonyl (C=O) groups is 2. The summed E-state index contributed by atoms with van der Waals surface area (Å²) in [6.07, 6.45) is 1.55. The van der Waals surface area contributed by atoms with Gasteiger partial charge in [0.15, 0.2) is 5.78 Å². The molecule has 148 valence electrons. The molecule has 2 aromatic carbocycles. The predicted molar refractivity (Wildman–Crippen MR) is 108 cm³/mol. The Kier molecular flexibility index (Phi) is 6.02. The molecule has 1 heterocycles. The first kappa shape index (κ1) is 19.9. The Hall–Kier alpha value is -2.82. The largest absolute Gasteiger partial charge is 0.507 e. The van der Waals surface area contributed by atoms with Gasteiger partial charge in [-0.05, 0) is 57.4 Å². The molecule has 28 heavy (non-hydrogen) atoms. The molecule has 0 unspecified atom stereocenters. The van der Waals surface area contributed by atoms with Crippen molar-refractivity contribution in [2.24, 2.45) is 5.92 Å². The Morgan fingerprint density at radius 1 is 1.18 bits per heavy atom. The lowest BCUT2D eigenvalue weighted by atomic mass is 9.89. The average molecular weight is 381 g/mol. The van der Waals surface area contributed by atoms with Crippen molar-refractivity contribution >= 4 is 11.7 Å². The molecule has 0 bridgehead atoms. The van der Waals surface area contributed by atoms with Crippen LogP contribution in [-0.2, 0) is 0 Å². The van der Waals surface area contributed by atoms with Crippen LogP contribution in [0.3, 0.4) is 0 Å². The molecule has 1 aliphatic rings. The van der Waals surface area contributed by atoms with E-state index in [1.54, 1.807) is 42.2 Å². The van der Waals surface area contributed by atoms with Gasteiger partial charge in [-0.25, -0.2) is 0 Å². The Labute approximate surface area is 165 Å². The fourth-order valence-electron chi connectivity index (χ4n) is 3.61. The number of phenols is 1. The number of Topliss-reactive ketones (excluding diaryl/α,β-unsaturated/α-hetero) is 1. The van der Waals surface area contributed by atoms with Gasteiger partial charge in [-0.2, -0.15) is 0 Å². The van der Waals surface area contributed by atoms with E-state index >= 15 is 0 Å². The molecule has 1 N–H and O–H groups in total. The van der Waals surface area contributed by atoms with E-state index < -0.39 is 0 Å². The Morgan fingerprint density at radius 3 is 2.68 bits per heavy atom. The van der Waals surface area contributed by atoms with Crippen molar-refractivity contribution in [3.05, 3.63) is 59.2 Å². The molecule has 0 aromatic heterocycles. The number of piperidine rings is 1. The van der Waals surface area contributed by atoms with Crippen molar-refractivity contribution in [1.82, 2.24) is 4.90 Å². The second-order valence-corrected chi connectivity index (χ2v) is 7.62. The first-order valence-corrected chi connectivity index (χ1v) is 9.75. The first-order chi connectivity index (χ1) is 13.4. The Bertz CT molecular complexity index is 875. The lowest BCUT2D eigenvalue weighted by Gasteiger charge is -2.32. The number of benzene rings is 2. The van der Waals surface area contributed by atoms with Gasteiger partial charge in [-0.1, -0.05) is 24.3 Å². The number of hydrogen-bond acceptors (Lipinski definition) is 4. The minimum Gasteiger partial charge on any atom is -0.507 e. The molecule has 1 fully saturated rings. The van der Waals surface area contributed by atoms with Crippen LogP contribution in [0.2, 0.25) is 0 Å². The van der Waals surface area contributed by atoms with Gasteiger partial charge in [0.1, 0.15) is 11.5 Å². The maximum atomic E-state index is 13.0. The number of ketones is 1. The minimum atomic E-state index is -0.251. The summed E-state index contributed by atoms with van der Waals surface area (Å²) in [6.45, 7) is 6.60. The molecular weight excluding hydrogens is 354 g/mol. The normalized spacial score (nSPS) is 16.9. The fraction of sp³-hybridized carbons (Fsp3) is 0.391. The van der Waals surface area contributed by atoms with Crippen molar-refractivity contribution in [3.63, 3.8) is 0 Å². The lowest BCUT2D eigenvalue weighted by molar-refractivity contribution is 0.0634. The molecule has 2 aromatic rings. The molecule has 1 saturated heterocycles. The summed E-state index contributed by atoms with van der Waals surface area (Å²) in [5.41, 5.74) is 1.56. The second-order valence-electron chi connectivity index (χ2n) is 7.62. The molecule has 0 spiro atoms. The maximum absolute atomic E-state index is 13.0. The van der Waals surface area contributed by atoms with E-state index in [0.717, 1.165) is 12.8 Å². The summed E-state index contributed by atoms with van der Waals surface area (Å²) in [5.74, 6) is 0.239. The van der Waals surface area contributed by atoms with Crippen LogP contribution in [-0.4, -0.2) is 40.9 Å². The van der Waals surface area contributed by atoms with Crippen LogP contribution in [0.4, 0.5) is 0 Å². The number of carbonyl (C=O) groups excluding carboxylic acids is 2. The number of rotatable bonds is 5. The third kappa shape index (κ3) is 4.35. The van der Waals surface area contributed by atoms with Gasteiger partial charge in [0, 0.05) is 24.6 Å². The van der Waals surface area contributed by atoms with E-state index in [2.05, 4.69) is 0 Å². The zero-order valence-electron chi connectivity index (χ0n) is 16.6. The van der Waals surface area contributed by atoms with Gasteiger partial charge < -0.3 is 14.7 Å². The third-order valence-electron chi connectivity index (χ3n) is 5.04. The topological polar surface area (TPSA) is 66.8 Å². The highest BCUT2D eigenvalue weighted by atomic mass is 16.5. The highest BCUT2D eigenvalue weighted by Gasteiger charge is 2.30. The molecule has 0 aliphatic carbocycles. The third-order valence-corrected chi connectivity index (χ3v) is 5.04. The van der Waals surface area contributed by atoms with Gasteiger partial charge in [-0.15, -0.1) is 0 Å². The Balaban J connectivity index is 1.75. The number of likely N-dealkylation sites (tertiary alicyclic amines) is 1. The van der Waals surface area contributed by atoms with Crippen LogP contribution < -0.4 is 4.74 Å². The van der Waals surface area contributed by atoms with Crippen LogP contribution in [0.25, 0.3) is 0 Å². The number of aromatic hydroxyl groups is 1. The Morgan fingerprint density at radius 2 is 1.93 bits per heavy atom. The van der Waals surface area contributed by atoms with E-state index in [9.17, 15) is 14.7 Å². The fourth-order valence-corrected chi connectivity index (χ4v) is 3.61. The lowest BCUT2D eigenvalue weighted by Crippen LogP contribution is -2.42. The van der Waals surface area contributed by atoms with Gasteiger partial charge in [0.05, 0.1) is 11.7 Å². The predicted octanol–water partition coefficient (Wildman–Crippen LogP) is 4.22.